The lowest BCUT2D eigenvalue weighted by Crippen LogP contribution is -2.51. The molecule has 0 radical (unpaired) electrons. The largest absolute Gasteiger partial charge is 0.493 e. The fourth-order valence-electron chi connectivity index (χ4n) is 3.57. The highest BCUT2D eigenvalue weighted by Crippen LogP contribution is 2.25. The number of imidazole rings is 1. The summed E-state index contributed by atoms with van der Waals surface area (Å²) in [5.41, 5.74) is 1.50. The summed E-state index contributed by atoms with van der Waals surface area (Å²) in [4.78, 5) is 26.6. The molecule has 3 rings (SSSR count). The zero-order valence-electron chi connectivity index (χ0n) is 17.7. The summed E-state index contributed by atoms with van der Waals surface area (Å²) in [7, 11) is -4.05. The molecular formula is C20H26N4O6S2. The van der Waals surface area contributed by atoms with Crippen molar-refractivity contribution in [1.29, 1.82) is 0 Å². The first-order valence-electron chi connectivity index (χ1n) is 9.99. The molecule has 32 heavy (non-hydrogen) atoms. The Labute approximate surface area is 189 Å². The zero-order chi connectivity index (χ0) is 23.5. The Kier molecular flexibility index (Phi) is 7.39. The fraction of sp³-hybridized carbons (Fsp3) is 0.400. The zero-order valence-corrected chi connectivity index (χ0v) is 19.3. The van der Waals surface area contributed by atoms with Gasteiger partial charge in [-0.05, 0) is 46.9 Å². The number of fused-ring (bicyclic) bond motifs is 1. The fourth-order valence-corrected chi connectivity index (χ4v) is 6.03. The van der Waals surface area contributed by atoms with Crippen molar-refractivity contribution in [3.05, 3.63) is 51.9 Å². The second kappa shape index (κ2) is 9.86. The average Bonchev–Trinajstić information content (AvgIpc) is 3.32. The number of aromatic hydroxyl groups is 1. The van der Waals surface area contributed by atoms with Crippen LogP contribution >= 0.6 is 11.3 Å². The lowest BCUT2D eigenvalue weighted by Gasteiger charge is -2.30. The molecule has 3 aromatic rings. The van der Waals surface area contributed by atoms with Crippen molar-refractivity contribution in [3.8, 4) is 5.88 Å². The van der Waals surface area contributed by atoms with Gasteiger partial charge in [-0.15, -0.1) is 11.3 Å². The minimum atomic E-state index is -4.05. The maximum Gasteiger partial charge on any atom is 0.328 e. The van der Waals surface area contributed by atoms with Gasteiger partial charge in [0.2, 0.25) is 15.9 Å². The summed E-state index contributed by atoms with van der Waals surface area (Å²) in [5, 5.41) is 21.9. The van der Waals surface area contributed by atoms with E-state index < -0.39 is 27.7 Å². The van der Waals surface area contributed by atoms with Gasteiger partial charge in [0.25, 0.3) is 5.91 Å². The number of hydroxylamine groups is 1. The number of nitrogens with one attached hydrogen (secondary N) is 2. The minimum Gasteiger partial charge on any atom is -0.493 e. The van der Waals surface area contributed by atoms with Crippen molar-refractivity contribution in [1.82, 2.24) is 19.3 Å². The summed E-state index contributed by atoms with van der Waals surface area (Å²) >= 11 is 1.55. The van der Waals surface area contributed by atoms with Crippen molar-refractivity contribution >= 4 is 37.4 Å². The first kappa shape index (κ1) is 24.0. The van der Waals surface area contributed by atoms with Crippen LogP contribution in [-0.4, -0.2) is 51.1 Å². The molecule has 0 aliphatic heterocycles. The monoisotopic (exact) mass is 482 g/mol. The minimum absolute atomic E-state index is 0.0551. The molecule has 1 aromatic carbocycles. The van der Waals surface area contributed by atoms with Crippen LogP contribution in [0.1, 0.15) is 25.8 Å². The highest BCUT2D eigenvalue weighted by Gasteiger charge is 2.35. The number of nitrogens with zero attached hydrogens (tertiary/aromatic N) is 2. The van der Waals surface area contributed by atoms with Crippen LogP contribution in [0.3, 0.4) is 0 Å². The second-order valence-corrected chi connectivity index (χ2v) is 10.8. The molecule has 2 aromatic heterocycles. The van der Waals surface area contributed by atoms with Gasteiger partial charge in [0.05, 0.1) is 11.9 Å². The Hall–Kier alpha value is -2.67. The standard InChI is InChI=1S/C20H26N4O6S2/c1-13(2)9-16(19(26)22-28)24(7-6-23-18(25)11-21-20(23)27)32(29,30)12-14-3-4-17-15(10-14)5-8-31-17/h3-5,8,10-11,13,16,25,28H,6-7,9,12H2,1-2H3,(H,21,27)(H,22,26)/t16-/m1/s1. The summed E-state index contributed by atoms with van der Waals surface area (Å²) in [5.74, 6) is -1.62. The van der Waals surface area contributed by atoms with E-state index in [-0.39, 0.29) is 37.1 Å². The molecule has 0 aliphatic carbocycles. The van der Waals surface area contributed by atoms with Crippen LogP contribution in [0.2, 0.25) is 0 Å². The van der Waals surface area contributed by atoms with E-state index >= 15 is 0 Å². The van der Waals surface area contributed by atoms with Crippen LogP contribution < -0.4 is 11.2 Å². The molecule has 0 unspecified atom stereocenters. The van der Waals surface area contributed by atoms with E-state index in [9.17, 15) is 28.3 Å². The Morgan fingerprint density at radius 2 is 2.06 bits per heavy atom. The number of hydrogen-bond acceptors (Lipinski definition) is 7. The average molecular weight is 483 g/mol. The Morgan fingerprint density at radius 3 is 2.69 bits per heavy atom. The lowest BCUT2D eigenvalue weighted by molar-refractivity contribution is -0.133. The SMILES string of the molecule is CC(C)C[C@H](C(=O)NO)N(CCn1c(O)c[nH]c1=O)S(=O)(=O)Cc1ccc2sccc2c1. The molecule has 0 fully saturated rings. The number of carbonyl (C=O) groups is 1. The molecule has 1 atom stereocenters. The number of rotatable bonds is 10. The molecule has 0 bridgehead atoms. The Balaban J connectivity index is 1.95. The maximum atomic E-state index is 13.5. The predicted molar refractivity (Wildman–Crippen MR) is 121 cm³/mol. The van der Waals surface area contributed by atoms with Gasteiger partial charge < -0.3 is 10.1 Å². The van der Waals surface area contributed by atoms with Crippen molar-refractivity contribution in [2.45, 2.75) is 38.6 Å². The third-order valence-electron chi connectivity index (χ3n) is 5.07. The first-order valence-corrected chi connectivity index (χ1v) is 12.5. The maximum absolute atomic E-state index is 13.5. The van der Waals surface area contributed by atoms with Crippen LogP contribution in [0.4, 0.5) is 0 Å². The highest BCUT2D eigenvalue weighted by atomic mass is 32.2. The van der Waals surface area contributed by atoms with E-state index in [4.69, 9.17) is 0 Å². The molecule has 12 heteroatoms. The van der Waals surface area contributed by atoms with E-state index in [0.29, 0.717) is 5.56 Å². The van der Waals surface area contributed by atoms with E-state index in [1.165, 1.54) is 0 Å². The lowest BCUT2D eigenvalue weighted by atomic mass is 10.0. The van der Waals surface area contributed by atoms with Crippen molar-refractivity contribution in [2.24, 2.45) is 5.92 Å². The molecule has 0 aliphatic rings. The van der Waals surface area contributed by atoms with Crippen molar-refractivity contribution < 1.29 is 23.5 Å². The second-order valence-electron chi connectivity index (χ2n) is 7.88. The Morgan fingerprint density at radius 1 is 1.31 bits per heavy atom. The van der Waals surface area contributed by atoms with Crippen LogP contribution in [0.5, 0.6) is 5.88 Å². The van der Waals surface area contributed by atoms with Gasteiger partial charge in [-0.25, -0.2) is 18.7 Å². The first-order chi connectivity index (χ1) is 15.1. The summed E-state index contributed by atoms with van der Waals surface area (Å²) in [6, 6.07) is 6.06. The molecule has 0 saturated carbocycles. The van der Waals surface area contributed by atoms with E-state index in [1.54, 1.807) is 28.9 Å². The number of H-pyrrole nitrogens is 1. The third-order valence-corrected chi connectivity index (χ3v) is 7.82. The molecule has 0 saturated heterocycles. The number of sulfonamides is 1. The molecular weight excluding hydrogens is 456 g/mol. The number of amides is 1. The van der Waals surface area contributed by atoms with Gasteiger partial charge in [-0.1, -0.05) is 19.9 Å². The van der Waals surface area contributed by atoms with Crippen LogP contribution in [-0.2, 0) is 27.1 Å². The van der Waals surface area contributed by atoms with Crippen LogP contribution in [0.15, 0.2) is 40.6 Å². The van der Waals surface area contributed by atoms with Gasteiger partial charge in [0.15, 0.2) is 0 Å². The van der Waals surface area contributed by atoms with Crippen molar-refractivity contribution in [2.75, 3.05) is 6.54 Å². The quantitative estimate of drug-likeness (QED) is 0.256. The highest BCUT2D eigenvalue weighted by molar-refractivity contribution is 7.88. The van der Waals surface area contributed by atoms with E-state index in [0.717, 1.165) is 25.2 Å². The molecule has 174 valence electrons. The van der Waals surface area contributed by atoms with Gasteiger partial charge in [-0.3, -0.25) is 14.6 Å². The Bertz CT molecular complexity index is 1240. The van der Waals surface area contributed by atoms with E-state index in [2.05, 4.69) is 4.98 Å². The van der Waals surface area contributed by atoms with Crippen LogP contribution in [0.25, 0.3) is 10.1 Å². The summed E-state index contributed by atoms with van der Waals surface area (Å²) < 4.78 is 29.9. The molecule has 0 spiro atoms. The van der Waals surface area contributed by atoms with Crippen LogP contribution in [0, 0.1) is 5.92 Å². The number of thiophene rings is 1. The summed E-state index contributed by atoms with van der Waals surface area (Å²) in [6.45, 7) is 3.23. The number of aromatic nitrogens is 2. The van der Waals surface area contributed by atoms with Gasteiger partial charge in [0, 0.05) is 17.8 Å². The number of carbonyl (C=O) groups excluding carboxylic acids is 1. The normalized spacial score (nSPS) is 13.2. The molecule has 2 heterocycles. The number of aromatic amines is 1. The van der Waals surface area contributed by atoms with Crippen molar-refractivity contribution in [3.63, 3.8) is 0 Å². The van der Waals surface area contributed by atoms with Gasteiger partial charge in [0.1, 0.15) is 6.04 Å². The topological polar surface area (TPSA) is 145 Å². The third kappa shape index (κ3) is 5.38. The molecule has 10 nitrogen and oxygen atoms in total. The number of hydrogen-bond donors (Lipinski definition) is 4. The predicted octanol–water partition coefficient (Wildman–Crippen LogP) is 1.85. The van der Waals surface area contributed by atoms with Gasteiger partial charge in [-0.2, -0.15) is 4.31 Å². The summed E-state index contributed by atoms with van der Waals surface area (Å²) in [6.07, 6.45) is 1.26. The number of benzene rings is 1. The van der Waals surface area contributed by atoms with Gasteiger partial charge >= 0.3 is 5.69 Å². The van der Waals surface area contributed by atoms with E-state index in [1.807, 2.05) is 31.4 Å². The smallest absolute Gasteiger partial charge is 0.328 e. The molecule has 4 N–H and O–H groups in total. The molecule has 1 amide bonds.